The van der Waals surface area contributed by atoms with Crippen LogP contribution in [0.2, 0.25) is 0 Å². The summed E-state index contributed by atoms with van der Waals surface area (Å²) in [5.74, 6) is 1.47. The molecular formula is C16H23N3O2. The van der Waals surface area contributed by atoms with Crippen LogP contribution in [-0.2, 0) is 0 Å². The summed E-state index contributed by atoms with van der Waals surface area (Å²) < 4.78 is 10.7. The first-order valence-corrected chi connectivity index (χ1v) is 7.16. The number of piperazine rings is 1. The molecule has 21 heavy (non-hydrogen) atoms. The van der Waals surface area contributed by atoms with Crippen molar-refractivity contribution in [3.8, 4) is 17.6 Å². The van der Waals surface area contributed by atoms with E-state index in [9.17, 15) is 5.26 Å². The van der Waals surface area contributed by atoms with Crippen molar-refractivity contribution in [1.82, 2.24) is 9.80 Å². The van der Waals surface area contributed by atoms with Gasteiger partial charge in [0.2, 0.25) is 0 Å². The molecule has 1 aromatic rings. The van der Waals surface area contributed by atoms with Crippen molar-refractivity contribution >= 4 is 0 Å². The third kappa shape index (κ3) is 3.29. The molecule has 114 valence electrons. The Labute approximate surface area is 126 Å². The minimum absolute atomic E-state index is 0.314. The Morgan fingerprint density at radius 2 is 2.05 bits per heavy atom. The molecular weight excluding hydrogens is 266 g/mol. The Bertz CT molecular complexity index is 527. The van der Waals surface area contributed by atoms with E-state index in [1.54, 1.807) is 14.2 Å². The minimum Gasteiger partial charge on any atom is -0.497 e. The fourth-order valence-corrected chi connectivity index (χ4v) is 2.71. The van der Waals surface area contributed by atoms with Crippen LogP contribution >= 0.6 is 0 Å². The Morgan fingerprint density at radius 3 is 2.62 bits per heavy atom. The zero-order valence-electron chi connectivity index (χ0n) is 13.2. The zero-order valence-corrected chi connectivity index (χ0v) is 13.2. The third-order valence-corrected chi connectivity index (χ3v) is 4.21. The van der Waals surface area contributed by atoms with Gasteiger partial charge in [-0.1, -0.05) is 0 Å². The second-order valence-electron chi connectivity index (χ2n) is 5.46. The molecule has 0 N–H and O–H groups in total. The number of ether oxygens (including phenoxy) is 2. The van der Waals surface area contributed by atoms with Crippen LogP contribution in [0.25, 0.3) is 0 Å². The van der Waals surface area contributed by atoms with E-state index >= 15 is 0 Å². The number of hydrogen-bond acceptors (Lipinski definition) is 5. The lowest BCUT2D eigenvalue weighted by molar-refractivity contribution is 0.0873. The normalized spacial score (nSPS) is 21.6. The summed E-state index contributed by atoms with van der Waals surface area (Å²) in [5.41, 5.74) is 0.871. The maximum Gasteiger partial charge on any atom is 0.127 e. The van der Waals surface area contributed by atoms with Crippen molar-refractivity contribution < 1.29 is 9.47 Å². The van der Waals surface area contributed by atoms with E-state index in [-0.39, 0.29) is 6.04 Å². The first kappa shape index (κ1) is 15.6. The lowest BCUT2D eigenvalue weighted by atomic mass is 10.0. The van der Waals surface area contributed by atoms with Crippen molar-refractivity contribution in [2.45, 2.75) is 19.0 Å². The van der Waals surface area contributed by atoms with Crippen LogP contribution in [-0.4, -0.2) is 56.7 Å². The molecule has 0 aliphatic carbocycles. The predicted molar refractivity (Wildman–Crippen MR) is 81.6 cm³/mol. The fourth-order valence-electron chi connectivity index (χ4n) is 2.71. The molecule has 0 radical (unpaired) electrons. The first-order valence-electron chi connectivity index (χ1n) is 7.16. The Hall–Kier alpha value is -1.77. The number of nitriles is 1. The predicted octanol–water partition coefficient (Wildman–Crippen LogP) is 1.90. The Morgan fingerprint density at radius 1 is 1.29 bits per heavy atom. The van der Waals surface area contributed by atoms with Gasteiger partial charge in [0, 0.05) is 31.2 Å². The van der Waals surface area contributed by atoms with E-state index in [0.29, 0.717) is 6.04 Å². The molecule has 2 atom stereocenters. The Kier molecular flexibility index (Phi) is 5.05. The Balaban J connectivity index is 2.31. The van der Waals surface area contributed by atoms with Crippen LogP contribution in [0.3, 0.4) is 0 Å². The molecule has 5 nitrogen and oxygen atoms in total. The molecule has 1 aliphatic heterocycles. The molecule has 2 rings (SSSR count). The molecule has 0 saturated carbocycles. The smallest absolute Gasteiger partial charge is 0.127 e. The van der Waals surface area contributed by atoms with Crippen LogP contribution < -0.4 is 9.47 Å². The van der Waals surface area contributed by atoms with E-state index in [4.69, 9.17) is 9.47 Å². The van der Waals surface area contributed by atoms with Crippen molar-refractivity contribution in [3.05, 3.63) is 23.8 Å². The van der Waals surface area contributed by atoms with Crippen molar-refractivity contribution in [2.75, 3.05) is 40.9 Å². The monoisotopic (exact) mass is 289 g/mol. The van der Waals surface area contributed by atoms with Crippen molar-refractivity contribution in [1.29, 1.82) is 5.26 Å². The average molecular weight is 289 g/mol. The van der Waals surface area contributed by atoms with E-state index in [2.05, 4.69) is 29.8 Å². The lowest BCUT2D eigenvalue weighted by Crippen LogP contribution is -2.50. The van der Waals surface area contributed by atoms with Gasteiger partial charge in [0.25, 0.3) is 0 Å². The second kappa shape index (κ2) is 6.79. The molecule has 1 aliphatic rings. The van der Waals surface area contributed by atoms with Gasteiger partial charge in [0.15, 0.2) is 0 Å². The van der Waals surface area contributed by atoms with E-state index in [0.717, 1.165) is 36.7 Å². The van der Waals surface area contributed by atoms with E-state index in [1.807, 2.05) is 18.2 Å². The van der Waals surface area contributed by atoms with Gasteiger partial charge in [-0.2, -0.15) is 5.26 Å². The van der Waals surface area contributed by atoms with Crippen molar-refractivity contribution in [3.63, 3.8) is 0 Å². The summed E-state index contributed by atoms with van der Waals surface area (Å²) in [4.78, 5) is 4.52. The molecule has 2 unspecified atom stereocenters. The van der Waals surface area contributed by atoms with Gasteiger partial charge < -0.3 is 14.4 Å². The van der Waals surface area contributed by atoms with E-state index < -0.39 is 0 Å². The van der Waals surface area contributed by atoms with Gasteiger partial charge in [0.1, 0.15) is 17.5 Å². The third-order valence-electron chi connectivity index (χ3n) is 4.21. The molecule has 1 saturated heterocycles. The van der Waals surface area contributed by atoms with Gasteiger partial charge in [-0.05, 0) is 32.2 Å². The molecule has 1 fully saturated rings. The number of rotatable bonds is 4. The van der Waals surface area contributed by atoms with Gasteiger partial charge >= 0.3 is 0 Å². The van der Waals surface area contributed by atoms with Crippen LogP contribution in [0.4, 0.5) is 0 Å². The SMILES string of the molecule is COc1ccc(OC)c(C(C#N)N2CCN(C)C(C)C2)c1. The molecule has 1 aromatic carbocycles. The summed E-state index contributed by atoms with van der Waals surface area (Å²) in [6.45, 7) is 4.89. The molecule has 0 aromatic heterocycles. The second-order valence-corrected chi connectivity index (χ2v) is 5.46. The van der Waals surface area contributed by atoms with Gasteiger partial charge in [-0.15, -0.1) is 0 Å². The summed E-state index contributed by atoms with van der Waals surface area (Å²) in [6, 6.07) is 8.15. The minimum atomic E-state index is -0.314. The number of hydrogen-bond donors (Lipinski definition) is 0. The summed E-state index contributed by atoms with van der Waals surface area (Å²) in [5, 5.41) is 9.67. The highest BCUT2D eigenvalue weighted by Gasteiger charge is 2.29. The number of nitrogens with zero attached hydrogens (tertiary/aromatic N) is 3. The molecule has 5 heteroatoms. The molecule has 1 heterocycles. The van der Waals surface area contributed by atoms with E-state index in [1.165, 1.54) is 0 Å². The topological polar surface area (TPSA) is 48.7 Å². The maximum absolute atomic E-state index is 9.67. The number of benzene rings is 1. The van der Waals surface area contributed by atoms with Crippen molar-refractivity contribution in [2.24, 2.45) is 0 Å². The maximum atomic E-state index is 9.67. The van der Waals surface area contributed by atoms with Crippen LogP contribution in [0.1, 0.15) is 18.5 Å². The summed E-state index contributed by atoms with van der Waals surface area (Å²) >= 11 is 0. The summed E-state index contributed by atoms with van der Waals surface area (Å²) in [6.07, 6.45) is 0. The molecule has 0 spiro atoms. The number of methoxy groups -OCH3 is 2. The molecule has 0 bridgehead atoms. The fraction of sp³-hybridized carbons (Fsp3) is 0.562. The zero-order chi connectivity index (χ0) is 15.4. The average Bonchev–Trinajstić information content (AvgIpc) is 2.51. The number of likely N-dealkylation sites (N-methyl/N-ethyl adjacent to an activating group) is 1. The van der Waals surface area contributed by atoms with Crippen LogP contribution in [0, 0.1) is 11.3 Å². The first-order chi connectivity index (χ1) is 10.1. The van der Waals surface area contributed by atoms with Gasteiger partial charge in [-0.25, -0.2) is 0 Å². The van der Waals surface area contributed by atoms with Crippen LogP contribution in [0.15, 0.2) is 18.2 Å². The highest BCUT2D eigenvalue weighted by atomic mass is 16.5. The summed E-state index contributed by atoms with van der Waals surface area (Å²) in [7, 11) is 5.38. The van der Waals surface area contributed by atoms with Gasteiger partial charge in [0.05, 0.1) is 20.3 Å². The highest BCUT2D eigenvalue weighted by molar-refractivity contribution is 5.44. The van der Waals surface area contributed by atoms with Crippen LogP contribution in [0.5, 0.6) is 11.5 Å². The highest BCUT2D eigenvalue weighted by Crippen LogP contribution is 2.33. The molecule has 0 amide bonds. The largest absolute Gasteiger partial charge is 0.497 e. The quantitative estimate of drug-likeness (QED) is 0.847. The van der Waals surface area contributed by atoms with Gasteiger partial charge in [-0.3, -0.25) is 4.90 Å². The standard InChI is InChI=1S/C16H23N3O2/c1-12-11-19(8-7-18(12)2)15(10-17)14-9-13(20-3)5-6-16(14)21-4/h5-6,9,12,15H,7-8,11H2,1-4H3. The lowest BCUT2D eigenvalue weighted by Gasteiger charge is -2.40.